The lowest BCUT2D eigenvalue weighted by atomic mass is 9.85. The quantitative estimate of drug-likeness (QED) is 0.142. The number of amides is 1. The number of aromatic amines is 1. The van der Waals surface area contributed by atoms with Crippen LogP contribution in [-0.4, -0.2) is 131 Å². The molecule has 12 nitrogen and oxygen atoms in total. The third-order valence-electron chi connectivity index (χ3n) is 10.3. The van der Waals surface area contributed by atoms with Gasteiger partial charge in [0, 0.05) is 75.0 Å². The normalized spacial score (nSPS) is 17.1. The van der Waals surface area contributed by atoms with Crippen molar-refractivity contribution in [2.45, 2.75) is 160 Å². The van der Waals surface area contributed by atoms with E-state index in [4.69, 9.17) is 9.47 Å². The number of carbonyl (C=O) groups is 3. The second-order valence-corrected chi connectivity index (χ2v) is 23.3. The zero-order valence-corrected chi connectivity index (χ0v) is 41.1. The molecule has 1 aliphatic carbocycles. The molecule has 1 fully saturated rings. The number of nitrogens with zero attached hydrogens (tertiary/aromatic N) is 4. The van der Waals surface area contributed by atoms with Crippen molar-refractivity contribution >= 4 is 34.4 Å². The summed E-state index contributed by atoms with van der Waals surface area (Å²) in [6.45, 7) is 39.1. The molecular formula is C49H84N6O6. The van der Waals surface area contributed by atoms with Crippen molar-refractivity contribution in [3.8, 4) is 0 Å². The number of aryl methyl sites for hydroxylation is 1. The van der Waals surface area contributed by atoms with Crippen LogP contribution in [0.1, 0.15) is 135 Å². The lowest BCUT2D eigenvalue weighted by molar-refractivity contribution is -0.160. The Labute approximate surface area is 368 Å². The van der Waals surface area contributed by atoms with Crippen molar-refractivity contribution in [1.82, 2.24) is 24.6 Å². The highest BCUT2D eigenvalue weighted by Crippen LogP contribution is 2.31. The highest BCUT2D eigenvalue weighted by molar-refractivity contribution is 5.95. The molecular weight excluding hydrogens is 769 g/mol. The number of ether oxygens (including phenoxy) is 2. The topological polar surface area (TPSA) is 128 Å². The molecule has 1 aliphatic rings. The van der Waals surface area contributed by atoms with Gasteiger partial charge < -0.3 is 24.7 Å². The molecule has 12 heteroatoms. The van der Waals surface area contributed by atoms with Crippen molar-refractivity contribution < 1.29 is 23.9 Å². The molecule has 3 rings (SSSR count). The number of hydrogen-bond acceptors (Lipinski definition) is 10. The zero-order chi connectivity index (χ0) is 46.1. The van der Waals surface area contributed by atoms with Crippen molar-refractivity contribution in [2.24, 2.45) is 16.2 Å². The predicted molar refractivity (Wildman–Crippen MR) is 250 cm³/mol. The predicted octanol–water partition coefficient (Wildman–Crippen LogP) is 8.12. The van der Waals surface area contributed by atoms with Crippen molar-refractivity contribution in [1.29, 1.82) is 0 Å². The van der Waals surface area contributed by atoms with Crippen LogP contribution in [0.3, 0.4) is 0 Å². The van der Waals surface area contributed by atoms with Crippen LogP contribution in [0.15, 0.2) is 29.1 Å². The average molecular weight is 853 g/mol. The third-order valence-corrected chi connectivity index (χ3v) is 10.3. The minimum Gasteiger partial charge on any atom is -0.459 e. The number of pyridine rings is 1. The first-order valence-corrected chi connectivity index (χ1v) is 22.6. The Morgan fingerprint density at radius 1 is 0.639 bits per heavy atom. The van der Waals surface area contributed by atoms with Gasteiger partial charge in [-0.1, -0.05) is 81.2 Å². The molecule has 346 valence electrons. The summed E-state index contributed by atoms with van der Waals surface area (Å²) >= 11 is 0. The Bertz CT molecular complexity index is 1760. The van der Waals surface area contributed by atoms with E-state index in [-0.39, 0.29) is 59.4 Å². The van der Waals surface area contributed by atoms with E-state index < -0.39 is 23.1 Å². The number of carbonyl (C=O) groups excluding carboxylic acids is 3. The van der Waals surface area contributed by atoms with Crippen molar-refractivity contribution in [2.75, 3.05) is 70.8 Å². The van der Waals surface area contributed by atoms with Crippen LogP contribution in [0, 0.1) is 23.2 Å². The number of H-pyrrole nitrogens is 1. The molecule has 1 saturated carbocycles. The maximum absolute atomic E-state index is 14.2. The van der Waals surface area contributed by atoms with Crippen LogP contribution >= 0.6 is 0 Å². The molecule has 1 heterocycles. The zero-order valence-electron chi connectivity index (χ0n) is 41.1. The van der Waals surface area contributed by atoms with E-state index in [1.54, 1.807) is 11.0 Å². The molecule has 0 unspecified atom stereocenters. The molecule has 0 radical (unpaired) electrons. The summed E-state index contributed by atoms with van der Waals surface area (Å²) in [4.78, 5) is 65.3. The maximum Gasteiger partial charge on any atom is 0.320 e. The molecule has 2 N–H and O–H groups in total. The summed E-state index contributed by atoms with van der Waals surface area (Å²) in [5.74, 6) is -1.02. The second-order valence-electron chi connectivity index (χ2n) is 23.3. The van der Waals surface area contributed by atoms with E-state index in [0.29, 0.717) is 24.3 Å². The van der Waals surface area contributed by atoms with Gasteiger partial charge >= 0.3 is 11.9 Å². The van der Waals surface area contributed by atoms with Gasteiger partial charge in [-0.25, -0.2) is 0 Å². The number of benzene rings is 1. The monoisotopic (exact) mass is 853 g/mol. The Morgan fingerprint density at radius 3 is 1.61 bits per heavy atom. The average Bonchev–Trinajstić information content (AvgIpc) is 3.04. The van der Waals surface area contributed by atoms with E-state index in [1.165, 1.54) is 0 Å². The van der Waals surface area contributed by atoms with Crippen LogP contribution in [0.25, 0.3) is 10.9 Å². The lowest BCUT2D eigenvalue weighted by Gasteiger charge is -2.47. The summed E-state index contributed by atoms with van der Waals surface area (Å²) in [6.07, 6.45) is 4.07. The SMILES string of the molecule is Cc1cc(=O)[nH]c2cc(NC(=O)CN(CCN(CC(=O)OC(C)(C)C)CC(=O)OC(C)(C)C)[C@H]3CCCC[C@@H]3N(CCN(CC(C)(C)C)CC(C)(C)C)CC(C)(C)C)ccc12. The minimum absolute atomic E-state index is 0.0378. The first-order chi connectivity index (χ1) is 27.8. The van der Waals surface area contributed by atoms with Crippen molar-refractivity contribution in [3.63, 3.8) is 0 Å². The Balaban J connectivity index is 2.03. The molecule has 2 atom stereocenters. The number of aromatic nitrogens is 1. The number of anilines is 1. The van der Waals surface area contributed by atoms with E-state index in [9.17, 15) is 19.2 Å². The molecule has 1 aromatic carbocycles. The van der Waals surface area contributed by atoms with Crippen LogP contribution < -0.4 is 10.9 Å². The fourth-order valence-corrected chi connectivity index (χ4v) is 8.60. The van der Waals surface area contributed by atoms with E-state index in [2.05, 4.69) is 87.3 Å². The number of fused-ring (bicyclic) bond motifs is 1. The Hall–Kier alpha value is -3.32. The van der Waals surface area contributed by atoms with Gasteiger partial charge in [0.1, 0.15) is 11.2 Å². The number of nitrogens with one attached hydrogen (secondary N) is 2. The smallest absolute Gasteiger partial charge is 0.320 e. The molecule has 1 aromatic heterocycles. The number of esters is 2. The fraction of sp³-hybridized carbons (Fsp3) is 0.755. The minimum atomic E-state index is -0.686. The summed E-state index contributed by atoms with van der Waals surface area (Å²) < 4.78 is 11.4. The first kappa shape index (κ1) is 52.0. The first-order valence-electron chi connectivity index (χ1n) is 22.6. The van der Waals surface area contributed by atoms with Crippen LogP contribution in [0.2, 0.25) is 0 Å². The van der Waals surface area contributed by atoms with Gasteiger partial charge in [0.15, 0.2) is 0 Å². The van der Waals surface area contributed by atoms with Gasteiger partial charge in [-0.15, -0.1) is 0 Å². The highest BCUT2D eigenvalue weighted by atomic mass is 16.6. The molecule has 0 saturated heterocycles. The van der Waals surface area contributed by atoms with Crippen LogP contribution in [-0.2, 0) is 23.9 Å². The lowest BCUT2D eigenvalue weighted by Crippen LogP contribution is -2.58. The number of hydrogen-bond donors (Lipinski definition) is 2. The standard InChI is InChI=1S/C49H84N6O6/c1-35-27-41(56)51-38-28-36(21-22-37(35)38)50-42(57)29-54(25-23-52(30-43(58)60-48(11,12)13)31-44(59)61-49(14,15)16)39-19-17-18-20-40(39)55(34-47(8,9)10)26-24-53(32-45(2,3)4)33-46(5,6)7/h21-22,27-28,39-40H,17-20,23-26,29-34H2,1-16H3,(H,50,57)(H,51,56)/t39-,40-/m0/s1. The molecule has 0 spiro atoms. The molecule has 61 heavy (non-hydrogen) atoms. The Kier molecular flexibility index (Phi) is 18.2. The largest absolute Gasteiger partial charge is 0.459 e. The van der Waals surface area contributed by atoms with E-state index in [1.807, 2.05) is 66.7 Å². The van der Waals surface area contributed by atoms with Gasteiger partial charge in [-0.3, -0.25) is 33.9 Å². The number of rotatable bonds is 18. The molecule has 1 amide bonds. The molecule has 0 bridgehead atoms. The molecule has 0 aliphatic heterocycles. The van der Waals surface area contributed by atoms with Gasteiger partial charge in [0.05, 0.1) is 25.2 Å². The molecule has 2 aromatic rings. The third kappa shape index (κ3) is 20.2. The van der Waals surface area contributed by atoms with Crippen molar-refractivity contribution in [3.05, 3.63) is 40.2 Å². The summed E-state index contributed by atoms with van der Waals surface area (Å²) in [6, 6.07) is 7.40. The maximum atomic E-state index is 14.2. The van der Waals surface area contributed by atoms with Gasteiger partial charge in [-0.05, 0) is 95.2 Å². The van der Waals surface area contributed by atoms with Crippen LogP contribution in [0.4, 0.5) is 5.69 Å². The van der Waals surface area contributed by atoms with Gasteiger partial charge in [-0.2, -0.15) is 0 Å². The second kappa shape index (κ2) is 21.4. The van der Waals surface area contributed by atoms with Crippen LogP contribution in [0.5, 0.6) is 0 Å². The van der Waals surface area contributed by atoms with Gasteiger partial charge in [0.25, 0.3) is 0 Å². The summed E-state index contributed by atoms with van der Waals surface area (Å²) in [7, 11) is 0. The highest BCUT2D eigenvalue weighted by Gasteiger charge is 2.37. The fourth-order valence-electron chi connectivity index (χ4n) is 8.60. The summed E-state index contributed by atoms with van der Waals surface area (Å²) in [5.41, 5.74) is 0.916. The van der Waals surface area contributed by atoms with E-state index >= 15 is 0 Å². The van der Waals surface area contributed by atoms with E-state index in [0.717, 1.165) is 69.4 Å². The Morgan fingerprint density at radius 2 is 1.11 bits per heavy atom. The summed E-state index contributed by atoms with van der Waals surface area (Å²) in [5, 5.41) is 4.05. The van der Waals surface area contributed by atoms with Gasteiger partial charge in [0.2, 0.25) is 11.5 Å².